The Hall–Kier alpha value is -1.35. The zero-order valence-electron chi connectivity index (χ0n) is 18.9. The van der Waals surface area contributed by atoms with Gasteiger partial charge in [0.15, 0.2) is 0 Å². The fourth-order valence-corrected chi connectivity index (χ4v) is 4.07. The molecule has 1 aromatic carbocycles. The highest BCUT2D eigenvalue weighted by Gasteiger charge is 2.25. The minimum atomic E-state index is -0.429. The molecule has 0 aromatic heterocycles. The van der Waals surface area contributed by atoms with Gasteiger partial charge in [0.25, 0.3) is 0 Å². The molecule has 3 nitrogen and oxygen atoms in total. The van der Waals surface area contributed by atoms with E-state index in [1.807, 2.05) is 20.8 Å². The topological polar surface area (TPSA) is 49.3 Å². The largest absolute Gasteiger partial charge is 0.393 e. The van der Waals surface area contributed by atoms with Gasteiger partial charge in [0.2, 0.25) is 5.91 Å². The van der Waals surface area contributed by atoms with Crippen LogP contribution in [0.4, 0.5) is 5.69 Å². The number of carbonyl (C=O) groups is 1. The van der Waals surface area contributed by atoms with E-state index in [4.69, 9.17) is 0 Å². The van der Waals surface area contributed by atoms with Crippen LogP contribution in [0.25, 0.3) is 0 Å². The number of hydrogen-bond donors (Lipinski definition) is 2. The summed E-state index contributed by atoms with van der Waals surface area (Å²) >= 11 is 0. The molecule has 2 N–H and O–H groups in total. The molecule has 0 bridgehead atoms. The standard InChI is InChI=1S/C25H41NO2/c1-24(2,3)21-15-13-19(17-22(21)26-23(28)25(4,5)6)12-14-20(27)16-18-10-8-7-9-11-18/h13,15,17-18,20,27H,7-12,14,16H2,1-6H3,(H,26,28). The van der Waals surface area contributed by atoms with E-state index in [1.165, 1.54) is 37.7 Å². The maximum Gasteiger partial charge on any atom is 0.229 e. The molecule has 0 spiro atoms. The second kappa shape index (κ2) is 9.43. The van der Waals surface area contributed by atoms with Crippen LogP contribution in [0, 0.1) is 11.3 Å². The van der Waals surface area contributed by atoms with Crippen molar-refractivity contribution in [3.05, 3.63) is 29.3 Å². The second-order valence-electron chi connectivity index (χ2n) is 10.8. The molecular formula is C25H41NO2. The van der Waals surface area contributed by atoms with Gasteiger partial charge in [0, 0.05) is 11.1 Å². The van der Waals surface area contributed by atoms with Crippen molar-refractivity contribution in [1.82, 2.24) is 0 Å². The van der Waals surface area contributed by atoms with Crippen LogP contribution in [0.2, 0.25) is 0 Å². The summed E-state index contributed by atoms with van der Waals surface area (Å²) in [5.74, 6) is 0.737. The molecule has 1 unspecified atom stereocenters. The van der Waals surface area contributed by atoms with Gasteiger partial charge in [-0.3, -0.25) is 4.79 Å². The van der Waals surface area contributed by atoms with Gasteiger partial charge in [-0.1, -0.05) is 85.8 Å². The number of hydrogen-bond acceptors (Lipinski definition) is 2. The maximum atomic E-state index is 12.6. The van der Waals surface area contributed by atoms with Gasteiger partial charge in [-0.15, -0.1) is 0 Å². The lowest BCUT2D eigenvalue weighted by atomic mass is 9.83. The second-order valence-corrected chi connectivity index (χ2v) is 10.8. The highest BCUT2D eigenvalue weighted by atomic mass is 16.3. The van der Waals surface area contributed by atoms with Crippen molar-refractivity contribution in [3.63, 3.8) is 0 Å². The van der Waals surface area contributed by atoms with Crippen LogP contribution in [-0.2, 0) is 16.6 Å². The van der Waals surface area contributed by atoms with Crippen molar-refractivity contribution >= 4 is 11.6 Å². The van der Waals surface area contributed by atoms with Crippen LogP contribution in [-0.4, -0.2) is 17.1 Å². The molecule has 1 aliphatic rings. The van der Waals surface area contributed by atoms with Crippen LogP contribution >= 0.6 is 0 Å². The number of rotatable bonds is 6. The van der Waals surface area contributed by atoms with Crippen LogP contribution in [0.1, 0.15) is 97.6 Å². The third-order valence-corrected chi connectivity index (χ3v) is 5.92. The first kappa shape index (κ1) is 22.9. The average Bonchev–Trinajstić information content (AvgIpc) is 2.59. The minimum Gasteiger partial charge on any atom is -0.393 e. The number of benzene rings is 1. The zero-order chi connectivity index (χ0) is 20.9. The van der Waals surface area contributed by atoms with Crippen LogP contribution in [0.15, 0.2) is 18.2 Å². The average molecular weight is 388 g/mol. The first-order valence-corrected chi connectivity index (χ1v) is 11.1. The van der Waals surface area contributed by atoms with Gasteiger partial charge in [-0.05, 0) is 47.8 Å². The Morgan fingerprint density at radius 3 is 2.32 bits per heavy atom. The minimum absolute atomic E-state index is 0.0347. The molecule has 3 heteroatoms. The molecule has 0 saturated heterocycles. The summed E-state index contributed by atoms with van der Waals surface area (Å²) < 4.78 is 0. The van der Waals surface area contributed by atoms with Crippen molar-refractivity contribution in [2.45, 2.75) is 104 Å². The first-order chi connectivity index (χ1) is 13.0. The highest BCUT2D eigenvalue weighted by Crippen LogP contribution is 2.32. The SMILES string of the molecule is CC(C)(C)C(=O)Nc1cc(CCC(O)CC2CCCCC2)ccc1C(C)(C)C. The number of amides is 1. The molecule has 1 atom stereocenters. The van der Waals surface area contributed by atoms with Crippen molar-refractivity contribution in [2.24, 2.45) is 11.3 Å². The fourth-order valence-electron chi connectivity index (χ4n) is 4.07. The number of anilines is 1. The Bertz CT molecular complexity index is 645. The van der Waals surface area contributed by atoms with Crippen molar-refractivity contribution in [1.29, 1.82) is 0 Å². The molecule has 1 fully saturated rings. The normalized spacial score (nSPS) is 17.4. The van der Waals surface area contributed by atoms with E-state index < -0.39 is 5.41 Å². The zero-order valence-corrected chi connectivity index (χ0v) is 18.9. The van der Waals surface area contributed by atoms with Gasteiger partial charge in [0.1, 0.15) is 0 Å². The Balaban J connectivity index is 2.06. The maximum absolute atomic E-state index is 12.6. The monoisotopic (exact) mass is 387 g/mol. The van der Waals surface area contributed by atoms with E-state index in [2.05, 4.69) is 44.3 Å². The predicted molar refractivity (Wildman–Crippen MR) is 119 cm³/mol. The molecule has 1 aliphatic carbocycles. The number of aliphatic hydroxyl groups excluding tert-OH is 1. The molecule has 1 amide bonds. The van der Waals surface area contributed by atoms with Gasteiger partial charge < -0.3 is 10.4 Å². The third-order valence-electron chi connectivity index (χ3n) is 5.92. The van der Waals surface area contributed by atoms with E-state index in [-0.39, 0.29) is 17.4 Å². The smallest absolute Gasteiger partial charge is 0.229 e. The summed E-state index contributed by atoms with van der Waals surface area (Å²) in [6, 6.07) is 6.40. The van der Waals surface area contributed by atoms with Gasteiger partial charge in [-0.25, -0.2) is 0 Å². The molecule has 0 aliphatic heterocycles. The molecule has 2 rings (SSSR count). The van der Waals surface area contributed by atoms with Crippen LogP contribution < -0.4 is 5.32 Å². The molecule has 158 valence electrons. The molecule has 1 saturated carbocycles. The number of carbonyl (C=O) groups excluding carboxylic acids is 1. The van der Waals surface area contributed by atoms with E-state index >= 15 is 0 Å². The Morgan fingerprint density at radius 2 is 1.75 bits per heavy atom. The number of nitrogens with one attached hydrogen (secondary N) is 1. The summed E-state index contributed by atoms with van der Waals surface area (Å²) in [5.41, 5.74) is 2.77. The Morgan fingerprint density at radius 1 is 1.11 bits per heavy atom. The lowest BCUT2D eigenvalue weighted by molar-refractivity contribution is -0.123. The van der Waals surface area contributed by atoms with Crippen molar-refractivity contribution in [3.8, 4) is 0 Å². The van der Waals surface area contributed by atoms with Gasteiger partial charge in [0.05, 0.1) is 6.10 Å². The van der Waals surface area contributed by atoms with E-state index in [0.717, 1.165) is 30.5 Å². The quantitative estimate of drug-likeness (QED) is 0.607. The lowest BCUT2D eigenvalue weighted by Gasteiger charge is -2.26. The predicted octanol–water partition coefficient (Wildman–Crippen LogP) is 6.23. The summed E-state index contributed by atoms with van der Waals surface area (Å²) in [6.45, 7) is 12.3. The Kier molecular flexibility index (Phi) is 7.73. The fraction of sp³-hybridized carbons (Fsp3) is 0.720. The van der Waals surface area contributed by atoms with Crippen LogP contribution in [0.5, 0.6) is 0 Å². The third kappa shape index (κ3) is 6.92. The summed E-state index contributed by atoms with van der Waals surface area (Å²) in [5, 5.41) is 13.6. The molecule has 0 radical (unpaired) electrons. The number of aryl methyl sites for hydroxylation is 1. The Labute approximate surface area is 172 Å². The summed E-state index contributed by atoms with van der Waals surface area (Å²) in [4.78, 5) is 12.6. The van der Waals surface area contributed by atoms with E-state index in [0.29, 0.717) is 5.92 Å². The highest BCUT2D eigenvalue weighted by molar-refractivity contribution is 5.95. The van der Waals surface area contributed by atoms with E-state index in [1.54, 1.807) is 0 Å². The molecule has 28 heavy (non-hydrogen) atoms. The number of aliphatic hydroxyl groups is 1. The first-order valence-electron chi connectivity index (χ1n) is 11.1. The summed E-state index contributed by atoms with van der Waals surface area (Å²) in [6.07, 6.45) is 8.90. The molecule has 1 aromatic rings. The van der Waals surface area contributed by atoms with Gasteiger partial charge in [-0.2, -0.15) is 0 Å². The van der Waals surface area contributed by atoms with E-state index in [9.17, 15) is 9.90 Å². The van der Waals surface area contributed by atoms with Crippen molar-refractivity contribution in [2.75, 3.05) is 5.32 Å². The molecular weight excluding hydrogens is 346 g/mol. The van der Waals surface area contributed by atoms with Crippen LogP contribution in [0.3, 0.4) is 0 Å². The molecule has 0 heterocycles. The summed E-state index contributed by atoms with van der Waals surface area (Å²) in [7, 11) is 0. The van der Waals surface area contributed by atoms with Gasteiger partial charge >= 0.3 is 0 Å². The lowest BCUT2D eigenvalue weighted by Crippen LogP contribution is -2.29. The van der Waals surface area contributed by atoms with Crippen molar-refractivity contribution < 1.29 is 9.90 Å².